The molecule has 2 aromatic rings. The maximum absolute atomic E-state index is 12.5. The first-order valence-electron chi connectivity index (χ1n) is 9.79. The van der Waals surface area contributed by atoms with Crippen LogP contribution in [0.2, 0.25) is 0 Å². The summed E-state index contributed by atoms with van der Waals surface area (Å²) in [6, 6.07) is 12.6. The predicted octanol–water partition coefficient (Wildman–Crippen LogP) is 4.13. The molecule has 5 N–H and O–H groups in total. The van der Waals surface area contributed by atoms with Crippen LogP contribution in [0.15, 0.2) is 42.5 Å². The van der Waals surface area contributed by atoms with E-state index in [0.29, 0.717) is 11.4 Å². The fraction of sp³-hybridized carbons (Fsp3) is 0.364. The molecule has 2 atom stereocenters. The van der Waals surface area contributed by atoms with Gasteiger partial charge in [-0.2, -0.15) is 0 Å². The van der Waals surface area contributed by atoms with Gasteiger partial charge in [0.15, 0.2) is 0 Å². The Kier molecular flexibility index (Phi) is 6.31. The second kappa shape index (κ2) is 8.89. The number of anilines is 3. The normalized spacial score (nSPS) is 15.1. The summed E-state index contributed by atoms with van der Waals surface area (Å²) in [5, 5.41) is 8.63. The smallest absolute Gasteiger partial charge is 0.323 e. The highest BCUT2D eigenvalue weighted by Gasteiger charge is 2.17. The summed E-state index contributed by atoms with van der Waals surface area (Å²) in [4.78, 5) is 24.6. The third kappa shape index (κ3) is 4.89. The van der Waals surface area contributed by atoms with Gasteiger partial charge in [0.2, 0.25) is 5.91 Å². The monoisotopic (exact) mass is 380 g/mol. The number of hydrogen-bond acceptors (Lipinski definition) is 3. The molecule has 148 valence electrons. The van der Waals surface area contributed by atoms with E-state index in [1.54, 1.807) is 38.1 Å². The van der Waals surface area contributed by atoms with Crippen molar-refractivity contribution in [3.8, 4) is 0 Å². The number of carbonyl (C=O) groups excluding carboxylic acids is 2. The molecule has 1 aliphatic rings. The summed E-state index contributed by atoms with van der Waals surface area (Å²) in [5.41, 5.74) is 10.4. The average molecular weight is 380 g/mol. The van der Waals surface area contributed by atoms with Crippen LogP contribution in [0.4, 0.5) is 21.9 Å². The molecule has 0 saturated carbocycles. The van der Waals surface area contributed by atoms with Gasteiger partial charge in [0.25, 0.3) is 0 Å². The lowest BCUT2D eigenvalue weighted by molar-refractivity contribution is -0.119. The van der Waals surface area contributed by atoms with Gasteiger partial charge in [-0.1, -0.05) is 25.1 Å². The van der Waals surface area contributed by atoms with Crippen LogP contribution >= 0.6 is 0 Å². The Morgan fingerprint density at radius 1 is 0.929 bits per heavy atom. The third-order valence-electron chi connectivity index (χ3n) is 5.23. The molecular formula is C22H28N4O2. The minimum Gasteiger partial charge on any atom is -0.327 e. The number of nitrogens with one attached hydrogen (secondary N) is 3. The summed E-state index contributed by atoms with van der Waals surface area (Å²) in [6.45, 7) is 3.59. The van der Waals surface area contributed by atoms with Gasteiger partial charge < -0.3 is 21.7 Å². The zero-order chi connectivity index (χ0) is 20.1. The molecule has 0 aromatic heterocycles. The maximum Gasteiger partial charge on any atom is 0.323 e. The van der Waals surface area contributed by atoms with E-state index in [1.807, 2.05) is 12.1 Å². The first-order valence-corrected chi connectivity index (χ1v) is 9.79. The molecule has 0 heterocycles. The number of nitrogens with two attached hydrogens (primary N) is 1. The van der Waals surface area contributed by atoms with E-state index in [9.17, 15) is 9.59 Å². The first kappa shape index (κ1) is 19.9. The zero-order valence-corrected chi connectivity index (χ0v) is 16.4. The number of hydrogen-bond donors (Lipinski definition) is 4. The maximum atomic E-state index is 12.5. The van der Waals surface area contributed by atoms with Crippen molar-refractivity contribution in [2.24, 2.45) is 11.7 Å². The lowest BCUT2D eigenvalue weighted by Gasteiger charge is -2.20. The van der Waals surface area contributed by atoms with Crippen molar-refractivity contribution in [3.05, 3.63) is 53.6 Å². The van der Waals surface area contributed by atoms with Crippen LogP contribution in [-0.2, 0) is 17.6 Å². The van der Waals surface area contributed by atoms with E-state index < -0.39 is 0 Å². The van der Waals surface area contributed by atoms with Crippen LogP contribution in [0.25, 0.3) is 0 Å². The summed E-state index contributed by atoms with van der Waals surface area (Å²) < 4.78 is 0. The van der Waals surface area contributed by atoms with Crippen LogP contribution in [0, 0.1) is 5.92 Å². The predicted molar refractivity (Wildman–Crippen MR) is 114 cm³/mol. The Bertz CT molecular complexity index is 863. The van der Waals surface area contributed by atoms with Crippen molar-refractivity contribution in [2.45, 2.75) is 45.6 Å². The Balaban J connectivity index is 1.64. The SMILES string of the molecule is CC(N)C(C)C(=O)Nc1cccc(NC(=O)Nc2cccc3c2CCCC3)c1. The molecule has 3 amide bonds. The number of rotatable bonds is 5. The highest BCUT2D eigenvalue weighted by molar-refractivity contribution is 6.01. The quantitative estimate of drug-likeness (QED) is 0.628. The standard InChI is InChI=1S/C22H28N4O2/c1-14(15(2)23)21(27)24-17-9-6-10-18(13-17)25-22(28)26-20-12-5-8-16-7-3-4-11-19(16)20/h5-6,8-10,12-15H,3-4,7,11,23H2,1-2H3,(H,24,27)(H2,25,26,28). The van der Waals surface area contributed by atoms with E-state index >= 15 is 0 Å². The van der Waals surface area contributed by atoms with Crippen molar-refractivity contribution in [2.75, 3.05) is 16.0 Å². The molecule has 6 nitrogen and oxygen atoms in total. The van der Waals surface area contributed by atoms with E-state index in [4.69, 9.17) is 5.73 Å². The van der Waals surface area contributed by atoms with Crippen molar-refractivity contribution in [3.63, 3.8) is 0 Å². The van der Waals surface area contributed by atoms with Gasteiger partial charge in [-0.3, -0.25) is 4.79 Å². The Morgan fingerprint density at radius 3 is 2.36 bits per heavy atom. The molecule has 1 aliphatic carbocycles. The highest BCUT2D eigenvalue weighted by atomic mass is 16.2. The van der Waals surface area contributed by atoms with Gasteiger partial charge in [-0.05, 0) is 68.0 Å². The molecule has 0 saturated heterocycles. The molecule has 28 heavy (non-hydrogen) atoms. The molecular weight excluding hydrogens is 352 g/mol. The minimum atomic E-state index is -0.302. The van der Waals surface area contributed by atoms with E-state index in [2.05, 4.69) is 22.0 Å². The van der Waals surface area contributed by atoms with Crippen LogP contribution in [0.1, 0.15) is 37.8 Å². The topological polar surface area (TPSA) is 96.2 Å². The van der Waals surface area contributed by atoms with Crippen molar-refractivity contribution >= 4 is 29.0 Å². The van der Waals surface area contributed by atoms with Crippen molar-refractivity contribution < 1.29 is 9.59 Å². The van der Waals surface area contributed by atoms with E-state index in [0.717, 1.165) is 24.9 Å². The van der Waals surface area contributed by atoms with Crippen LogP contribution < -0.4 is 21.7 Å². The molecule has 0 spiro atoms. The summed E-state index contributed by atoms with van der Waals surface area (Å²) in [7, 11) is 0. The summed E-state index contributed by atoms with van der Waals surface area (Å²) in [6.07, 6.45) is 4.40. The molecule has 0 fully saturated rings. The Hall–Kier alpha value is -2.86. The van der Waals surface area contributed by atoms with Gasteiger partial charge in [-0.15, -0.1) is 0 Å². The van der Waals surface area contributed by atoms with Crippen LogP contribution in [-0.4, -0.2) is 18.0 Å². The molecule has 0 bridgehead atoms. The molecule has 0 radical (unpaired) electrons. The minimum absolute atomic E-state index is 0.146. The lowest BCUT2D eigenvalue weighted by atomic mass is 9.90. The number of carbonyl (C=O) groups is 2. The zero-order valence-electron chi connectivity index (χ0n) is 16.4. The molecule has 0 aliphatic heterocycles. The number of urea groups is 1. The van der Waals surface area contributed by atoms with Gasteiger partial charge >= 0.3 is 6.03 Å². The Labute approximate surface area is 165 Å². The molecule has 2 aromatic carbocycles. The number of amides is 3. The fourth-order valence-corrected chi connectivity index (χ4v) is 3.35. The van der Waals surface area contributed by atoms with Gasteiger partial charge in [0.05, 0.1) is 5.92 Å². The molecule has 2 unspecified atom stereocenters. The second-order valence-electron chi connectivity index (χ2n) is 7.45. The lowest BCUT2D eigenvalue weighted by Crippen LogP contribution is -2.34. The first-order chi connectivity index (χ1) is 13.4. The number of aryl methyl sites for hydroxylation is 1. The van der Waals surface area contributed by atoms with Gasteiger partial charge in [-0.25, -0.2) is 4.79 Å². The summed E-state index contributed by atoms with van der Waals surface area (Å²) in [5.74, 6) is -0.448. The molecule has 3 rings (SSSR count). The van der Waals surface area contributed by atoms with Crippen LogP contribution in [0.3, 0.4) is 0 Å². The van der Waals surface area contributed by atoms with Crippen LogP contribution in [0.5, 0.6) is 0 Å². The number of fused-ring (bicyclic) bond motifs is 1. The van der Waals surface area contributed by atoms with E-state index in [-0.39, 0.29) is 23.9 Å². The fourth-order valence-electron chi connectivity index (χ4n) is 3.35. The Morgan fingerprint density at radius 2 is 1.61 bits per heavy atom. The second-order valence-corrected chi connectivity index (χ2v) is 7.45. The highest BCUT2D eigenvalue weighted by Crippen LogP contribution is 2.28. The average Bonchev–Trinajstić information content (AvgIpc) is 2.67. The van der Waals surface area contributed by atoms with E-state index in [1.165, 1.54) is 17.5 Å². The largest absolute Gasteiger partial charge is 0.327 e. The third-order valence-corrected chi connectivity index (χ3v) is 5.23. The summed E-state index contributed by atoms with van der Waals surface area (Å²) >= 11 is 0. The van der Waals surface area contributed by atoms with Gasteiger partial charge in [0.1, 0.15) is 0 Å². The number of benzene rings is 2. The van der Waals surface area contributed by atoms with Crippen molar-refractivity contribution in [1.29, 1.82) is 0 Å². The van der Waals surface area contributed by atoms with Gasteiger partial charge in [0, 0.05) is 23.1 Å². The van der Waals surface area contributed by atoms with Crippen molar-refractivity contribution in [1.82, 2.24) is 0 Å². The molecule has 6 heteroatoms.